The van der Waals surface area contributed by atoms with Gasteiger partial charge in [-0.25, -0.2) is 9.52 Å². The number of hydrogen-bond acceptors (Lipinski definition) is 3. The van der Waals surface area contributed by atoms with Gasteiger partial charge in [-0.2, -0.15) is 13.1 Å². The van der Waals surface area contributed by atoms with Crippen LogP contribution in [0.15, 0.2) is 24.3 Å². The topological polar surface area (TPSA) is 95.5 Å². The van der Waals surface area contributed by atoms with E-state index in [0.717, 1.165) is 0 Å². The SMILES string of the molecule is CCNS(=O)(=O)NCc1ccc(C(=O)O)cc1. The molecule has 0 unspecified atom stereocenters. The van der Waals surface area contributed by atoms with Crippen molar-refractivity contribution < 1.29 is 18.3 Å². The lowest BCUT2D eigenvalue weighted by atomic mass is 10.1. The van der Waals surface area contributed by atoms with Gasteiger partial charge < -0.3 is 5.11 Å². The summed E-state index contributed by atoms with van der Waals surface area (Å²) in [7, 11) is -3.47. The third kappa shape index (κ3) is 4.51. The summed E-state index contributed by atoms with van der Waals surface area (Å²) in [5.41, 5.74) is 0.861. The summed E-state index contributed by atoms with van der Waals surface area (Å²) < 4.78 is 27.2. The fourth-order valence-corrected chi connectivity index (χ4v) is 2.02. The van der Waals surface area contributed by atoms with Crippen LogP contribution in [0.4, 0.5) is 0 Å². The Labute approximate surface area is 99.8 Å². The van der Waals surface area contributed by atoms with Crippen LogP contribution in [0.5, 0.6) is 0 Å². The average Bonchev–Trinajstić information content (AvgIpc) is 2.27. The van der Waals surface area contributed by atoms with Gasteiger partial charge in [-0.3, -0.25) is 0 Å². The van der Waals surface area contributed by atoms with Crippen LogP contribution in [0, 0.1) is 0 Å². The summed E-state index contributed by atoms with van der Waals surface area (Å²) in [5.74, 6) is -1.01. The molecule has 0 aliphatic rings. The Bertz CT molecular complexity index is 482. The van der Waals surface area contributed by atoms with E-state index in [2.05, 4.69) is 9.44 Å². The molecule has 1 rings (SSSR count). The molecule has 3 N–H and O–H groups in total. The molecule has 0 atom stereocenters. The second kappa shape index (κ2) is 5.76. The Kier molecular flexibility index (Phi) is 4.62. The van der Waals surface area contributed by atoms with Gasteiger partial charge in [0.05, 0.1) is 5.56 Å². The van der Waals surface area contributed by atoms with Gasteiger partial charge >= 0.3 is 5.97 Å². The third-order valence-electron chi connectivity index (χ3n) is 2.00. The highest BCUT2D eigenvalue weighted by atomic mass is 32.2. The lowest BCUT2D eigenvalue weighted by Gasteiger charge is -2.06. The van der Waals surface area contributed by atoms with Gasteiger partial charge in [0.15, 0.2) is 0 Å². The number of carboxylic acid groups (broad SMARTS) is 1. The Hall–Kier alpha value is -1.44. The van der Waals surface area contributed by atoms with E-state index >= 15 is 0 Å². The number of benzene rings is 1. The molecule has 0 fully saturated rings. The fourth-order valence-electron chi connectivity index (χ4n) is 1.18. The number of hydrogen-bond donors (Lipinski definition) is 3. The highest BCUT2D eigenvalue weighted by Crippen LogP contribution is 2.04. The number of carbonyl (C=O) groups is 1. The first-order valence-corrected chi connectivity index (χ1v) is 6.49. The van der Waals surface area contributed by atoms with Crippen molar-refractivity contribution in [1.82, 2.24) is 9.44 Å². The van der Waals surface area contributed by atoms with Crippen LogP contribution in [0.2, 0.25) is 0 Å². The summed E-state index contributed by atoms with van der Waals surface area (Å²) in [6.45, 7) is 2.11. The van der Waals surface area contributed by atoms with Gasteiger partial charge in [-0.1, -0.05) is 19.1 Å². The minimum atomic E-state index is -3.47. The lowest BCUT2D eigenvalue weighted by Crippen LogP contribution is -2.35. The molecule has 6 nitrogen and oxygen atoms in total. The van der Waals surface area contributed by atoms with Crippen molar-refractivity contribution in [2.45, 2.75) is 13.5 Å². The van der Waals surface area contributed by atoms with Gasteiger partial charge in [-0.05, 0) is 17.7 Å². The summed E-state index contributed by atoms with van der Waals surface area (Å²) >= 11 is 0. The molecule has 0 saturated carbocycles. The molecule has 0 amide bonds. The zero-order chi connectivity index (χ0) is 12.9. The molecule has 0 aliphatic carbocycles. The minimum absolute atomic E-state index is 0.120. The van der Waals surface area contributed by atoms with Crippen molar-refractivity contribution in [3.8, 4) is 0 Å². The maximum Gasteiger partial charge on any atom is 0.335 e. The summed E-state index contributed by atoms with van der Waals surface area (Å²) in [6, 6.07) is 5.99. The van der Waals surface area contributed by atoms with Crippen LogP contribution >= 0.6 is 0 Å². The Balaban J connectivity index is 2.62. The maximum absolute atomic E-state index is 11.3. The quantitative estimate of drug-likeness (QED) is 0.685. The molecule has 0 aliphatic heterocycles. The molecule has 7 heteroatoms. The number of rotatable bonds is 6. The summed E-state index contributed by atoms with van der Waals surface area (Å²) in [5, 5.41) is 8.68. The van der Waals surface area contributed by atoms with Gasteiger partial charge in [0.1, 0.15) is 0 Å². The summed E-state index contributed by atoms with van der Waals surface area (Å²) in [4.78, 5) is 10.6. The van der Waals surface area contributed by atoms with Crippen molar-refractivity contribution >= 4 is 16.2 Å². The molecule has 0 heterocycles. The van der Waals surface area contributed by atoms with Crippen molar-refractivity contribution in [3.05, 3.63) is 35.4 Å². The first-order chi connectivity index (χ1) is 7.94. The van der Waals surface area contributed by atoms with Crippen molar-refractivity contribution in [3.63, 3.8) is 0 Å². The molecule has 0 bridgehead atoms. The molecule has 94 valence electrons. The minimum Gasteiger partial charge on any atom is -0.478 e. The van der Waals surface area contributed by atoms with E-state index < -0.39 is 16.2 Å². The average molecular weight is 258 g/mol. The second-order valence-corrected chi connectivity index (χ2v) is 4.91. The molecular weight excluding hydrogens is 244 g/mol. The summed E-state index contributed by atoms with van der Waals surface area (Å²) in [6.07, 6.45) is 0. The number of nitrogens with one attached hydrogen (secondary N) is 2. The number of carboxylic acids is 1. The highest BCUT2D eigenvalue weighted by molar-refractivity contribution is 7.87. The van der Waals surface area contributed by atoms with E-state index in [-0.39, 0.29) is 12.1 Å². The van der Waals surface area contributed by atoms with Crippen LogP contribution in [0.1, 0.15) is 22.8 Å². The predicted octanol–water partition coefficient (Wildman–Crippen LogP) is 0.329. The van der Waals surface area contributed by atoms with Crippen LogP contribution in [-0.2, 0) is 16.8 Å². The predicted molar refractivity (Wildman–Crippen MR) is 62.8 cm³/mol. The fraction of sp³-hybridized carbons (Fsp3) is 0.300. The van der Waals surface area contributed by atoms with Crippen molar-refractivity contribution in [1.29, 1.82) is 0 Å². The van der Waals surface area contributed by atoms with Gasteiger partial charge in [0, 0.05) is 13.1 Å². The lowest BCUT2D eigenvalue weighted by molar-refractivity contribution is 0.0697. The molecule has 1 aromatic carbocycles. The Morgan fingerprint density at radius 3 is 2.29 bits per heavy atom. The highest BCUT2D eigenvalue weighted by Gasteiger charge is 2.07. The Morgan fingerprint density at radius 1 is 1.24 bits per heavy atom. The van der Waals surface area contributed by atoms with Crippen LogP contribution in [-0.4, -0.2) is 26.0 Å². The Morgan fingerprint density at radius 2 is 1.82 bits per heavy atom. The molecular formula is C10H14N2O4S. The first kappa shape index (κ1) is 13.6. The number of aromatic carboxylic acids is 1. The molecule has 0 aromatic heterocycles. The van der Waals surface area contributed by atoms with E-state index in [4.69, 9.17) is 5.11 Å². The monoisotopic (exact) mass is 258 g/mol. The van der Waals surface area contributed by atoms with Gasteiger partial charge in [-0.15, -0.1) is 0 Å². The molecule has 0 saturated heterocycles. The zero-order valence-corrected chi connectivity index (χ0v) is 10.1. The standard InChI is InChI=1S/C10H14N2O4S/c1-2-11-17(15,16)12-7-8-3-5-9(6-4-8)10(13)14/h3-6,11-12H,2,7H2,1H3,(H,13,14). The van der Waals surface area contributed by atoms with Crippen molar-refractivity contribution in [2.75, 3.05) is 6.54 Å². The normalized spacial score (nSPS) is 11.4. The third-order valence-corrected chi connectivity index (χ3v) is 3.19. The van der Waals surface area contributed by atoms with Crippen LogP contribution in [0.25, 0.3) is 0 Å². The molecule has 1 aromatic rings. The smallest absolute Gasteiger partial charge is 0.335 e. The van der Waals surface area contributed by atoms with Crippen molar-refractivity contribution in [2.24, 2.45) is 0 Å². The maximum atomic E-state index is 11.3. The van der Waals surface area contributed by atoms with E-state index in [1.807, 2.05) is 0 Å². The molecule has 0 radical (unpaired) electrons. The van der Waals surface area contributed by atoms with Gasteiger partial charge in [0.25, 0.3) is 10.2 Å². The first-order valence-electron chi connectivity index (χ1n) is 5.01. The van der Waals surface area contributed by atoms with Crippen LogP contribution < -0.4 is 9.44 Å². The van der Waals surface area contributed by atoms with E-state index in [9.17, 15) is 13.2 Å². The molecule has 17 heavy (non-hydrogen) atoms. The van der Waals surface area contributed by atoms with E-state index in [0.29, 0.717) is 12.1 Å². The van der Waals surface area contributed by atoms with E-state index in [1.165, 1.54) is 12.1 Å². The van der Waals surface area contributed by atoms with Crippen LogP contribution in [0.3, 0.4) is 0 Å². The van der Waals surface area contributed by atoms with E-state index in [1.54, 1.807) is 19.1 Å². The van der Waals surface area contributed by atoms with Gasteiger partial charge in [0.2, 0.25) is 0 Å². The largest absolute Gasteiger partial charge is 0.478 e. The second-order valence-electron chi connectivity index (χ2n) is 3.32. The zero-order valence-electron chi connectivity index (χ0n) is 9.30. The molecule has 0 spiro atoms.